The van der Waals surface area contributed by atoms with Gasteiger partial charge in [-0.3, -0.25) is 14.6 Å². The second-order valence-electron chi connectivity index (χ2n) is 7.27. The molecule has 2 heterocycles. The minimum atomic E-state index is -0.694. The largest absolute Gasteiger partial charge is 0.507 e. The molecule has 1 aromatic carbocycles. The SMILES string of the molecule is CCOc1cccc(C(O)=C2C(=O)C(=O)N(CCN(CC)CC)C2c2cccnc2)c1. The lowest BCUT2D eigenvalue weighted by Gasteiger charge is -2.28. The summed E-state index contributed by atoms with van der Waals surface area (Å²) in [6.45, 7) is 9.18. The van der Waals surface area contributed by atoms with Gasteiger partial charge in [-0.15, -0.1) is 0 Å². The summed E-state index contributed by atoms with van der Waals surface area (Å²) in [5.74, 6) is -0.921. The third kappa shape index (κ3) is 4.77. The molecule has 7 nitrogen and oxygen atoms in total. The van der Waals surface area contributed by atoms with Crippen LogP contribution in [-0.4, -0.2) is 64.4 Å². The summed E-state index contributed by atoms with van der Waals surface area (Å²) in [7, 11) is 0. The number of likely N-dealkylation sites (N-methyl/N-ethyl adjacent to an activating group) is 1. The molecule has 1 fully saturated rings. The van der Waals surface area contributed by atoms with E-state index in [9.17, 15) is 14.7 Å². The Kier molecular flexibility index (Phi) is 7.41. The highest BCUT2D eigenvalue weighted by atomic mass is 16.5. The summed E-state index contributed by atoms with van der Waals surface area (Å²) < 4.78 is 5.52. The van der Waals surface area contributed by atoms with Gasteiger partial charge in [-0.2, -0.15) is 0 Å². The number of ether oxygens (including phenoxy) is 1. The van der Waals surface area contributed by atoms with Gasteiger partial charge in [-0.1, -0.05) is 32.0 Å². The fourth-order valence-electron chi connectivity index (χ4n) is 3.84. The van der Waals surface area contributed by atoms with Crippen molar-refractivity contribution < 1.29 is 19.4 Å². The molecule has 1 atom stereocenters. The van der Waals surface area contributed by atoms with Crippen LogP contribution >= 0.6 is 0 Å². The summed E-state index contributed by atoms with van der Waals surface area (Å²) in [6.07, 6.45) is 3.27. The number of nitrogens with zero attached hydrogens (tertiary/aromatic N) is 3. The number of aromatic nitrogens is 1. The Labute approximate surface area is 183 Å². The molecule has 31 heavy (non-hydrogen) atoms. The molecular weight excluding hydrogens is 394 g/mol. The molecule has 0 aliphatic carbocycles. The number of rotatable bonds is 9. The Morgan fingerprint density at radius 3 is 2.58 bits per heavy atom. The molecular formula is C24H29N3O4. The van der Waals surface area contributed by atoms with Crippen molar-refractivity contribution >= 4 is 17.4 Å². The van der Waals surface area contributed by atoms with Crippen molar-refractivity contribution in [3.63, 3.8) is 0 Å². The molecule has 1 aliphatic rings. The topological polar surface area (TPSA) is 83.0 Å². The van der Waals surface area contributed by atoms with Crippen LogP contribution in [0.3, 0.4) is 0 Å². The maximum Gasteiger partial charge on any atom is 0.295 e. The number of hydrogen-bond acceptors (Lipinski definition) is 6. The van der Waals surface area contributed by atoms with E-state index in [1.54, 1.807) is 42.7 Å². The minimum absolute atomic E-state index is 0.0752. The summed E-state index contributed by atoms with van der Waals surface area (Å²) in [6, 6.07) is 9.77. The number of amides is 1. The molecule has 3 rings (SSSR count). The predicted molar refractivity (Wildman–Crippen MR) is 119 cm³/mol. The van der Waals surface area contributed by atoms with Gasteiger partial charge < -0.3 is 19.6 Å². The minimum Gasteiger partial charge on any atom is -0.507 e. The molecule has 164 valence electrons. The van der Waals surface area contributed by atoms with Gasteiger partial charge in [-0.05, 0) is 43.8 Å². The van der Waals surface area contributed by atoms with Crippen molar-refractivity contribution in [2.75, 3.05) is 32.8 Å². The van der Waals surface area contributed by atoms with Gasteiger partial charge in [-0.25, -0.2) is 0 Å². The van der Waals surface area contributed by atoms with Crippen LogP contribution in [0, 0.1) is 0 Å². The van der Waals surface area contributed by atoms with Crippen molar-refractivity contribution in [3.05, 3.63) is 65.5 Å². The average Bonchev–Trinajstić information content (AvgIpc) is 3.05. The van der Waals surface area contributed by atoms with Crippen molar-refractivity contribution in [2.45, 2.75) is 26.8 Å². The first-order valence-electron chi connectivity index (χ1n) is 10.7. The number of hydrogen-bond donors (Lipinski definition) is 1. The number of carbonyl (C=O) groups is 2. The normalized spacial score (nSPS) is 18.1. The molecule has 1 unspecified atom stereocenters. The van der Waals surface area contributed by atoms with Crippen LogP contribution in [0.4, 0.5) is 0 Å². The standard InChI is InChI=1S/C24H29N3O4/c1-4-26(5-2)13-14-27-21(18-10-8-12-25-16-18)20(23(29)24(27)30)22(28)17-9-7-11-19(15-17)31-6-3/h7-12,15-16,21,28H,4-6,13-14H2,1-3H3. The van der Waals surface area contributed by atoms with Crippen molar-refractivity contribution in [1.29, 1.82) is 0 Å². The van der Waals surface area contributed by atoms with Crippen LogP contribution in [0.2, 0.25) is 0 Å². The number of pyridine rings is 1. The van der Waals surface area contributed by atoms with E-state index in [0.717, 1.165) is 13.1 Å². The lowest BCUT2D eigenvalue weighted by molar-refractivity contribution is -0.140. The number of likely N-dealkylation sites (tertiary alicyclic amines) is 1. The van der Waals surface area contributed by atoms with Crippen LogP contribution < -0.4 is 4.74 Å². The van der Waals surface area contributed by atoms with Crippen LogP contribution in [0.15, 0.2) is 54.4 Å². The number of Topliss-reactive ketones (excluding diaryl/α,β-unsaturated/α-hetero) is 1. The van der Waals surface area contributed by atoms with Gasteiger partial charge in [0.15, 0.2) is 0 Å². The molecule has 0 bridgehead atoms. The first-order valence-corrected chi connectivity index (χ1v) is 10.7. The van der Waals surface area contributed by atoms with Crippen molar-refractivity contribution in [3.8, 4) is 5.75 Å². The molecule has 1 N–H and O–H groups in total. The van der Waals surface area contributed by atoms with Gasteiger partial charge in [0.1, 0.15) is 11.5 Å². The zero-order valence-electron chi connectivity index (χ0n) is 18.2. The molecule has 0 spiro atoms. The molecule has 1 aliphatic heterocycles. The Bertz CT molecular complexity index is 954. The van der Waals surface area contributed by atoms with Gasteiger partial charge in [0.25, 0.3) is 11.7 Å². The van der Waals surface area contributed by atoms with Crippen molar-refractivity contribution in [2.24, 2.45) is 0 Å². The van der Waals surface area contributed by atoms with E-state index in [0.29, 0.717) is 36.6 Å². The number of aliphatic hydroxyl groups excluding tert-OH is 1. The smallest absolute Gasteiger partial charge is 0.295 e. The lowest BCUT2D eigenvalue weighted by Crippen LogP contribution is -2.38. The number of carbonyl (C=O) groups excluding carboxylic acids is 2. The fourth-order valence-corrected chi connectivity index (χ4v) is 3.84. The van der Waals surface area contributed by atoms with Crippen LogP contribution in [0.5, 0.6) is 5.75 Å². The van der Waals surface area contributed by atoms with Crippen LogP contribution in [0.25, 0.3) is 5.76 Å². The van der Waals surface area contributed by atoms with Crippen LogP contribution in [-0.2, 0) is 9.59 Å². The van der Waals surface area contributed by atoms with Gasteiger partial charge in [0, 0.05) is 31.0 Å². The van der Waals surface area contributed by atoms with Gasteiger partial charge in [0.05, 0.1) is 18.2 Å². The second kappa shape index (κ2) is 10.2. The van der Waals surface area contributed by atoms with Gasteiger partial charge >= 0.3 is 0 Å². The Morgan fingerprint density at radius 1 is 1.16 bits per heavy atom. The van der Waals surface area contributed by atoms with E-state index >= 15 is 0 Å². The predicted octanol–water partition coefficient (Wildman–Crippen LogP) is 3.24. The quantitative estimate of drug-likeness (QED) is 0.379. The molecule has 7 heteroatoms. The highest BCUT2D eigenvalue weighted by Crippen LogP contribution is 2.39. The number of ketones is 1. The van der Waals surface area contributed by atoms with E-state index < -0.39 is 17.7 Å². The zero-order valence-corrected chi connectivity index (χ0v) is 18.2. The van der Waals surface area contributed by atoms with E-state index in [2.05, 4.69) is 23.7 Å². The number of aliphatic hydroxyl groups is 1. The fraction of sp³-hybridized carbons (Fsp3) is 0.375. The first kappa shape index (κ1) is 22.5. The summed E-state index contributed by atoms with van der Waals surface area (Å²) in [4.78, 5) is 33.9. The monoisotopic (exact) mass is 423 g/mol. The van der Waals surface area contributed by atoms with E-state index in [1.165, 1.54) is 4.90 Å². The maximum absolute atomic E-state index is 13.0. The third-order valence-electron chi connectivity index (χ3n) is 5.51. The maximum atomic E-state index is 13.0. The Morgan fingerprint density at radius 2 is 1.94 bits per heavy atom. The molecule has 1 aromatic heterocycles. The van der Waals surface area contributed by atoms with Crippen LogP contribution in [0.1, 0.15) is 37.9 Å². The second-order valence-corrected chi connectivity index (χ2v) is 7.27. The van der Waals surface area contributed by atoms with Gasteiger partial charge in [0.2, 0.25) is 0 Å². The van der Waals surface area contributed by atoms with E-state index in [-0.39, 0.29) is 11.3 Å². The average molecular weight is 424 g/mol. The van der Waals surface area contributed by atoms with E-state index in [4.69, 9.17) is 4.74 Å². The molecule has 0 saturated carbocycles. The highest BCUT2D eigenvalue weighted by molar-refractivity contribution is 6.46. The molecule has 0 radical (unpaired) electrons. The summed E-state index contributed by atoms with van der Waals surface area (Å²) in [5.41, 5.74) is 1.19. The van der Waals surface area contributed by atoms with E-state index in [1.807, 2.05) is 13.0 Å². The Balaban J connectivity index is 2.06. The number of benzene rings is 1. The Hall–Kier alpha value is -3.19. The summed E-state index contributed by atoms with van der Waals surface area (Å²) >= 11 is 0. The molecule has 2 aromatic rings. The first-order chi connectivity index (χ1) is 15.0. The third-order valence-corrected chi connectivity index (χ3v) is 5.51. The lowest BCUT2D eigenvalue weighted by atomic mass is 9.96. The molecule has 1 amide bonds. The van der Waals surface area contributed by atoms with Crippen molar-refractivity contribution in [1.82, 2.24) is 14.8 Å². The zero-order chi connectivity index (χ0) is 22.4. The summed E-state index contributed by atoms with van der Waals surface area (Å²) in [5, 5.41) is 11.1. The highest BCUT2D eigenvalue weighted by Gasteiger charge is 2.46. The molecule has 1 saturated heterocycles.